The van der Waals surface area contributed by atoms with E-state index in [1.165, 1.54) is 16.5 Å². The summed E-state index contributed by atoms with van der Waals surface area (Å²) in [4.78, 5) is 19.8. The van der Waals surface area contributed by atoms with Crippen LogP contribution in [-0.4, -0.2) is 59.2 Å². The number of carbonyl (C=O) groups excluding carboxylic acids is 1. The van der Waals surface area contributed by atoms with Crippen LogP contribution in [0.15, 0.2) is 60.7 Å². The minimum Gasteiger partial charge on any atom is -0.374 e. The second-order valence-electron chi connectivity index (χ2n) is 13.6. The summed E-state index contributed by atoms with van der Waals surface area (Å²) in [6.07, 6.45) is -0.609. The number of aryl methyl sites for hydroxylation is 2. The van der Waals surface area contributed by atoms with Crippen molar-refractivity contribution >= 4 is 17.3 Å². The Morgan fingerprint density at radius 2 is 1.69 bits per heavy atom. The molecule has 3 heterocycles. The zero-order valence-corrected chi connectivity index (χ0v) is 27.8. The Bertz CT molecular complexity index is 1550. The van der Waals surface area contributed by atoms with Gasteiger partial charge >= 0.3 is 6.18 Å². The molecule has 0 saturated carbocycles. The second-order valence-corrected chi connectivity index (χ2v) is 13.6. The summed E-state index contributed by atoms with van der Waals surface area (Å²) in [5.41, 5.74) is 5.36. The van der Waals surface area contributed by atoms with Crippen molar-refractivity contribution in [3.63, 3.8) is 0 Å². The number of nitrogens with zero attached hydrogens (tertiary/aromatic N) is 3. The van der Waals surface area contributed by atoms with E-state index in [-0.39, 0.29) is 24.4 Å². The number of hydrogen-bond acceptors (Lipinski definition) is 5. The molecule has 0 radical (unpaired) electrons. The molecule has 3 fully saturated rings. The third-order valence-electron chi connectivity index (χ3n) is 10.5. The molecule has 3 aliphatic heterocycles. The van der Waals surface area contributed by atoms with Gasteiger partial charge in [-0.25, -0.2) is 4.39 Å². The van der Waals surface area contributed by atoms with Gasteiger partial charge in [0, 0.05) is 49.2 Å². The van der Waals surface area contributed by atoms with Crippen molar-refractivity contribution < 1.29 is 27.5 Å². The Kier molecular flexibility index (Phi) is 10.4. The van der Waals surface area contributed by atoms with Crippen LogP contribution in [0.3, 0.4) is 0 Å². The summed E-state index contributed by atoms with van der Waals surface area (Å²) >= 11 is 0. The van der Waals surface area contributed by atoms with Gasteiger partial charge in [-0.1, -0.05) is 49.4 Å². The van der Waals surface area contributed by atoms with Crippen molar-refractivity contribution in [1.29, 1.82) is 0 Å². The lowest BCUT2D eigenvalue weighted by atomic mass is 9.82. The highest BCUT2D eigenvalue weighted by Crippen LogP contribution is 2.43. The average Bonchev–Trinajstić information content (AvgIpc) is 3.78. The van der Waals surface area contributed by atoms with Crippen LogP contribution in [0.5, 0.6) is 0 Å². The molecule has 3 aliphatic rings. The van der Waals surface area contributed by atoms with Gasteiger partial charge in [-0.3, -0.25) is 14.6 Å². The number of halogens is 4. The second kappa shape index (κ2) is 14.6. The van der Waals surface area contributed by atoms with Crippen LogP contribution in [0.25, 0.3) is 0 Å². The molecule has 0 aliphatic carbocycles. The maximum Gasteiger partial charge on any atom is 0.404 e. The molecule has 258 valence electrons. The molecule has 48 heavy (non-hydrogen) atoms. The first-order chi connectivity index (χ1) is 23.0. The van der Waals surface area contributed by atoms with E-state index in [0.29, 0.717) is 43.6 Å². The fourth-order valence-corrected chi connectivity index (χ4v) is 8.00. The molecular weight excluding hydrogens is 620 g/mol. The van der Waals surface area contributed by atoms with Gasteiger partial charge in [0.1, 0.15) is 18.1 Å². The molecule has 6 nitrogen and oxygen atoms in total. The van der Waals surface area contributed by atoms with Crippen molar-refractivity contribution in [2.45, 2.75) is 89.8 Å². The van der Waals surface area contributed by atoms with Crippen molar-refractivity contribution in [3.8, 4) is 0 Å². The number of carbonyl (C=O) groups is 1. The summed E-state index contributed by atoms with van der Waals surface area (Å²) in [5.74, 6) is -1.27. The molecule has 3 aromatic rings. The van der Waals surface area contributed by atoms with E-state index in [9.17, 15) is 23.1 Å². The van der Waals surface area contributed by atoms with Crippen LogP contribution in [0, 0.1) is 18.7 Å². The largest absolute Gasteiger partial charge is 0.404 e. The van der Waals surface area contributed by atoms with E-state index in [2.05, 4.69) is 29.3 Å². The zero-order chi connectivity index (χ0) is 34.0. The molecule has 2 N–H and O–H groups in total. The standard InChI is InChI=1S/C38H46F4N4O2/c1-3-27-17-18-29(23-32(27)44-19-4-5-20-44)43-36(47)30-10-7-22-46(37(48)34-25(2)9-6-11-31(34)39)35(30)28-15-13-26(14-16-28)24-45-21-8-12-33(45)38(40,41)42/h6,9,11,13-18,23,30,33,35,37,48H,3-5,7-8,10,12,19-22,24H2,1-2H3,(H,43,47). The van der Waals surface area contributed by atoms with Crippen molar-refractivity contribution in [2.24, 2.45) is 5.92 Å². The third kappa shape index (κ3) is 7.26. The number of aliphatic hydroxyl groups excluding tert-OH is 1. The molecule has 4 atom stereocenters. The minimum absolute atomic E-state index is 0.101. The number of hydrogen-bond donors (Lipinski definition) is 2. The lowest BCUT2D eigenvalue weighted by Gasteiger charge is -2.43. The van der Waals surface area contributed by atoms with E-state index < -0.39 is 36.2 Å². The van der Waals surface area contributed by atoms with Crippen LogP contribution >= 0.6 is 0 Å². The Labute approximate surface area is 280 Å². The molecule has 1 amide bonds. The van der Waals surface area contributed by atoms with Gasteiger partial charge in [0.05, 0.1) is 5.92 Å². The summed E-state index contributed by atoms with van der Waals surface area (Å²) in [5, 5.41) is 14.9. The molecule has 0 spiro atoms. The molecule has 10 heteroatoms. The highest BCUT2D eigenvalue weighted by atomic mass is 19.4. The minimum atomic E-state index is -4.27. The highest BCUT2D eigenvalue weighted by Gasteiger charge is 2.46. The molecule has 3 saturated heterocycles. The fourth-order valence-electron chi connectivity index (χ4n) is 8.00. The zero-order valence-electron chi connectivity index (χ0n) is 27.8. The van der Waals surface area contributed by atoms with Crippen molar-refractivity contribution in [3.05, 3.63) is 94.3 Å². The Morgan fingerprint density at radius 1 is 0.958 bits per heavy atom. The first-order valence-electron chi connectivity index (χ1n) is 17.3. The van der Waals surface area contributed by atoms with Crippen molar-refractivity contribution in [2.75, 3.05) is 36.4 Å². The number of anilines is 2. The van der Waals surface area contributed by atoms with E-state index >= 15 is 4.39 Å². The van der Waals surface area contributed by atoms with E-state index in [1.54, 1.807) is 24.0 Å². The maximum absolute atomic E-state index is 15.2. The number of alkyl halides is 3. The van der Waals surface area contributed by atoms with Gasteiger partial charge in [0.15, 0.2) is 0 Å². The monoisotopic (exact) mass is 666 g/mol. The molecule has 0 bridgehead atoms. The lowest BCUT2D eigenvalue weighted by Crippen LogP contribution is -2.45. The molecule has 6 rings (SSSR count). The van der Waals surface area contributed by atoms with Crippen LogP contribution in [-0.2, 0) is 17.8 Å². The predicted octanol–water partition coefficient (Wildman–Crippen LogP) is 7.91. The summed E-state index contributed by atoms with van der Waals surface area (Å²) in [7, 11) is 0. The first kappa shape index (κ1) is 34.4. The number of piperidine rings is 1. The predicted molar refractivity (Wildman–Crippen MR) is 180 cm³/mol. The van der Waals surface area contributed by atoms with E-state index in [0.717, 1.165) is 49.2 Å². The number of rotatable bonds is 9. The number of likely N-dealkylation sites (tertiary alicyclic amines) is 2. The smallest absolute Gasteiger partial charge is 0.374 e. The average molecular weight is 667 g/mol. The summed E-state index contributed by atoms with van der Waals surface area (Å²) in [6, 6.07) is 16.0. The highest BCUT2D eigenvalue weighted by molar-refractivity contribution is 5.94. The third-order valence-corrected chi connectivity index (χ3v) is 10.5. The molecule has 3 aromatic carbocycles. The van der Waals surface area contributed by atoms with Crippen LogP contribution in [0.4, 0.5) is 28.9 Å². The molecule has 0 aromatic heterocycles. The van der Waals surface area contributed by atoms with Crippen LogP contribution in [0.1, 0.15) is 85.5 Å². The quantitative estimate of drug-likeness (QED) is 0.228. The number of nitrogens with one attached hydrogen (secondary N) is 1. The molecular formula is C38H46F4N4O2. The number of benzene rings is 3. The summed E-state index contributed by atoms with van der Waals surface area (Å²) < 4.78 is 56.0. The Morgan fingerprint density at radius 3 is 2.38 bits per heavy atom. The lowest BCUT2D eigenvalue weighted by molar-refractivity contribution is -0.177. The van der Waals surface area contributed by atoms with Gasteiger partial charge in [0.2, 0.25) is 5.91 Å². The Hall–Kier alpha value is -3.47. The van der Waals surface area contributed by atoms with Crippen LogP contribution < -0.4 is 10.2 Å². The van der Waals surface area contributed by atoms with E-state index in [4.69, 9.17) is 0 Å². The fraction of sp³-hybridized carbons (Fsp3) is 0.500. The number of amides is 1. The van der Waals surface area contributed by atoms with E-state index in [1.807, 2.05) is 30.3 Å². The maximum atomic E-state index is 15.2. The van der Waals surface area contributed by atoms with Gasteiger partial charge in [-0.05, 0) is 98.9 Å². The topological polar surface area (TPSA) is 59.1 Å². The van der Waals surface area contributed by atoms with Gasteiger partial charge in [0.25, 0.3) is 0 Å². The summed E-state index contributed by atoms with van der Waals surface area (Å²) in [6.45, 7) is 6.86. The SMILES string of the molecule is CCc1ccc(NC(=O)C2CCCN(C(O)c3c(C)cccc3F)C2c2ccc(CN3CCCC3C(F)(F)F)cc2)cc1N1CCCC1. The molecule has 4 unspecified atom stereocenters. The van der Waals surface area contributed by atoms with Crippen LogP contribution in [0.2, 0.25) is 0 Å². The van der Waals surface area contributed by atoms with Gasteiger partial charge < -0.3 is 15.3 Å². The van der Waals surface area contributed by atoms with Crippen molar-refractivity contribution in [1.82, 2.24) is 9.80 Å². The van der Waals surface area contributed by atoms with Gasteiger partial charge in [-0.15, -0.1) is 0 Å². The first-order valence-corrected chi connectivity index (χ1v) is 17.3. The number of aliphatic hydroxyl groups is 1. The Balaban J connectivity index is 1.30. The normalized spacial score (nSPS) is 23.1. The van der Waals surface area contributed by atoms with Gasteiger partial charge in [-0.2, -0.15) is 13.2 Å².